The van der Waals surface area contributed by atoms with Crippen molar-refractivity contribution in [3.63, 3.8) is 0 Å². The third kappa shape index (κ3) is 5.24. The van der Waals surface area contributed by atoms with Gasteiger partial charge in [0.05, 0.1) is 0 Å². The molecule has 3 aromatic rings. The second-order valence-electron chi connectivity index (χ2n) is 5.92. The molecule has 0 spiro atoms. The molecule has 0 unspecified atom stereocenters. The molecule has 0 fully saturated rings. The van der Waals surface area contributed by atoms with Crippen LogP contribution in [0.1, 0.15) is 12.5 Å². The van der Waals surface area contributed by atoms with Gasteiger partial charge in [-0.05, 0) is 30.7 Å². The molecular formula is C20H18N4O3S. The fraction of sp³-hybridized carbons (Fsp3) is 0.100. The zero-order valence-corrected chi connectivity index (χ0v) is 15.8. The third-order valence-electron chi connectivity index (χ3n) is 3.75. The van der Waals surface area contributed by atoms with Gasteiger partial charge in [0.2, 0.25) is 16.9 Å². The van der Waals surface area contributed by atoms with Gasteiger partial charge in [-0.25, -0.2) is 0 Å². The van der Waals surface area contributed by atoms with Crippen LogP contribution < -0.4 is 10.6 Å². The lowest BCUT2D eigenvalue weighted by Crippen LogP contribution is -2.40. The number of aromatic nitrogens is 2. The van der Waals surface area contributed by atoms with Gasteiger partial charge in [-0.3, -0.25) is 14.9 Å². The fourth-order valence-corrected chi connectivity index (χ4v) is 3.02. The molecule has 2 amide bonds. The number of anilines is 1. The molecule has 0 aliphatic heterocycles. The molecule has 1 atom stereocenters. The number of hydrogen-bond donors (Lipinski definition) is 3. The number of aromatic hydroxyl groups is 1. The predicted molar refractivity (Wildman–Crippen MR) is 109 cm³/mol. The summed E-state index contributed by atoms with van der Waals surface area (Å²) in [5.41, 5.74) is 1.67. The number of hydrogen-bond acceptors (Lipinski definition) is 6. The molecule has 0 aliphatic carbocycles. The lowest BCUT2D eigenvalue weighted by molar-refractivity contribution is -0.123. The molecule has 0 saturated heterocycles. The van der Waals surface area contributed by atoms with Gasteiger partial charge in [0, 0.05) is 11.6 Å². The number of nitrogens with one attached hydrogen (secondary N) is 2. The number of carbonyl (C=O) groups excluding carboxylic acids is 2. The van der Waals surface area contributed by atoms with Crippen LogP contribution >= 0.6 is 11.3 Å². The Labute approximate surface area is 165 Å². The summed E-state index contributed by atoms with van der Waals surface area (Å²) in [6.45, 7) is 1.58. The van der Waals surface area contributed by atoms with E-state index >= 15 is 0 Å². The Bertz CT molecular complexity index is 984. The van der Waals surface area contributed by atoms with E-state index in [-0.39, 0.29) is 11.7 Å². The van der Waals surface area contributed by atoms with Crippen molar-refractivity contribution in [3.8, 4) is 16.3 Å². The van der Waals surface area contributed by atoms with E-state index in [0.29, 0.717) is 10.1 Å². The van der Waals surface area contributed by atoms with Gasteiger partial charge in [0.25, 0.3) is 0 Å². The van der Waals surface area contributed by atoms with Crippen molar-refractivity contribution in [2.75, 3.05) is 5.32 Å². The highest BCUT2D eigenvalue weighted by molar-refractivity contribution is 7.18. The number of phenols is 1. The van der Waals surface area contributed by atoms with Gasteiger partial charge in [-0.15, -0.1) is 10.2 Å². The van der Waals surface area contributed by atoms with E-state index in [9.17, 15) is 14.7 Å². The largest absolute Gasteiger partial charge is 0.508 e. The zero-order chi connectivity index (χ0) is 19.9. The SMILES string of the molecule is C[C@@H](NC(=O)/C=C/c1ccc(O)cc1)C(=O)Nc1nnc(-c2ccccc2)s1. The van der Waals surface area contributed by atoms with E-state index in [0.717, 1.165) is 11.1 Å². The molecule has 0 radical (unpaired) electrons. The van der Waals surface area contributed by atoms with Crippen LogP contribution in [0.25, 0.3) is 16.6 Å². The Morgan fingerprint density at radius 1 is 1.07 bits per heavy atom. The molecule has 28 heavy (non-hydrogen) atoms. The van der Waals surface area contributed by atoms with Crippen molar-refractivity contribution in [1.29, 1.82) is 0 Å². The maximum absolute atomic E-state index is 12.3. The summed E-state index contributed by atoms with van der Waals surface area (Å²) in [6, 6.07) is 15.2. The van der Waals surface area contributed by atoms with Crippen LogP contribution in [0.2, 0.25) is 0 Å². The number of rotatable bonds is 6. The molecule has 8 heteroatoms. The monoisotopic (exact) mass is 394 g/mol. The van der Waals surface area contributed by atoms with Crippen molar-refractivity contribution < 1.29 is 14.7 Å². The third-order valence-corrected chi connectivity index (χ3v) is 4.64. The molecular weight excluding hydrogens is 376 g/mol. The van der Waals surface area contributed by atoms with Crippen LogP contribution in [-0.4, -0.2) is 33.2 Å². The molecule has 3 rings (SSSR count). The number of nitrogens with zero attached hydrogens (tertiary/aromatic N) is 2. The van der Waals surface area contributed by atoms with Gasteiger partial charge in [-0.1, -0.05) is 53.8 Å². The number of phenolic OH excluding ortho intramolecular Hbond substituents is 1. The molecule has 7 nitrogen and oxygen atoms in total. The Morgan fingerprint density at radius 3 is 2.50 bits per heavy atom. The molecule has 1 heterocycles. The summed E-state index contributed by atoms with van der Waals surface area (Å²) in [7, 11) is 0. The van der Waals surface area contributed by atoms with Crippen molar-refractivity contribution in [2.24, 2.45) is 0 Å². The maximum Gasteiger partial charge on any atom is 0.248 e. The van der Waals surface area contributed by atoms with Crippen LogP contribution in [0.5, 0.6) is 5.75 Å². The first-order chi connectivity index (χ1) is 13.5. The van der Waals surface area contributed by atoms with Crippen LogP contribution in [0.4, 0.5) is 5.13 Å². The van der Waals surface area contributed by atoms with Crippen LogP contribution in [0, 0.1) is 0 Å². The summed E-state index contributed by atoms with van der Waals surface area (Å²) in [5.74, 6) is -0.640. The first-order valence-corrected chi connectivity index (χ1v) is 9.30. The summed E-state index contributed by atoms with van der Waals surface area (Å²) in [4.78, 5) is 24.3. The number of carbonyl (C=O) groups is 2. The van der Waals surface area contributed by atoms with E-state index in [1.165, 1.54) is 29.5 Å². The van der Waals surface area contributed by atoms with Crippen molar-refractivity contribution in [3.05, 3.63) is 66.2 Å². The standard InChI is InChI=1S/C20H18N4O3S/c1-13(21-17(26)12-9-14-7-10-16(25)11-8-14)18(27)22-20-24-23-19(28-20)15-5-3-2-4-6-15/h2-13,25H,1H3,(H,21,26)(H,22,24,27)/b12-9+/t13-/m1/s1. The average molecular weight is 394 g/mol. The topological polar surface area (TPSA) is 104 Å². The zero-order valence-electron chi connectivity index (χ0n) is 15.0. The maximum atomic E-state index is 12.3. The van der Waals surface area contributed by atoms with Gasteiger partial charge in [0.15, 0.2) is 0 Å². The smallest absolute Gasteiger partial charge is 0.248 e. The second-order valence-corrected chi connectivity index (χ2v) is 6.90. The van der Waals surface area contributed by atoms with Crippen molar-refractivity contribution in [1.82, 2.24) is 15.5 Å². The average Bonchev–Trinajstić information content (AvgIpc) is 3.16. The Kier molecular flexibility index (Phi) is 6.13. The van der Waals surface area contributed by atoms with Crippen LogP contribution in [0.15, 0.2) is 60.7 Å². The van der Waals surface area contributed by atoms with E-state index in [2.05, 4.69) is 20.8 Å². The van der Waals surface area contributed by atoms with Gasteiger partial charge in [-0.2, -0.15) is 0 Å². The minimum atomic E-state index is -0.749. The molecule has 0 aliphatic rings. The van der Waals surface area contributed by atoms with Crippen LogP contribution in [-0.2, 0) is 9.59 Å². The van der Waals surface area contributed by atoms with E-state index in [1.54, 1.807) is 25.1 Å². The summed E-state index contributed by atoms with van der Waals surface area (Å²) in [6.07, 6.45) is 2.92. The summed E-state index contributed by atoms with van der Waals surface area (Å²) in [5, 5.41) is 23.6. The first kappa shape index (κ1) is 19.2. The molecule has 142 valence electrons. The first-order valence-electron chi connectivity index (χ1n) is 8.48. The van der Waals surface area contributed by atoms with Crippen molar-refractivity contribution >= 4 is 34.4 Å². The normalized spacial score (nSPS) is 11.9. The Hall–Kier alpha value is -3.52. The number of amides is 2. The molecule has 0 saturated carbocycles. The van der Waals surface area contributed by atoms with Gasteiger partial charge < -0.3 is 10.4 Å². The minimum Gasteiger partial charge on any atom is -0.508 e. The van der Waals surface area contributed by atoms with E-state index in [4.69, 9.17) is 0 Å². The summed E-state index contributed by atoms with van der Waals surface area (Å²) < 4.78 is 0. The Morgan fingerprint density at radius 2 is 1.79 bits per heavy atom. The minimum absolute atomic E-state index is 0.152. The highest BCUT2D eigenvalue weighted by Crippen LogP contribution is 2.25. The van der Waals surface area contributed by atoms with Crippen LogP contribution in [0.3, 0.4) is 0 Å². The molecule has 1 aromatic heterocycles. The quantitative estimate of drug-likeness (QED) is 0.558. The van der Waals surface area contributed by atoms with E-state index in [1.807, 2.05) is 30.3 Å². The van der Waals surface area contributed by atoms with Crippen molar-refractivity contribution in [2.45, 2.75) is 13.0 Å². The van der Waals surface area contributed by atoms with Gasteiger partial charge in [0.1, 0.15) is 16.8 Å². The molecule has 0 bridgehead atoms. The van der Waals surface area contributed by atoms with Gasteiger partial charge >= 0.3 is 0 Å². The highest BCUT2D eigenvalue weighted by Gasteiger charge is 2.16. The predicted octanol–water partition coefficient (Wildman–Crippen LogP) is 3.07. The summed E-state index contributed by atoms with van der Waals surface area (Å²) >= 11 is 1.26. The second kappa shape index (κ2) is 8.92. The Balaban J connectivity index is 1.53. The molecule has 3 N–H and O–H groups in total. The van der Waals surface area contributed by atoms with E-state index < -0.39 is 11.9 Å². The molecule has 2 aromatic carbocycles. The lowest BCUT2D eigenvalue weighted by atomic mass is 10.2. The fourth-order valence-electron chi connectivity index (χ4n) is 2.27. The highest BCUT2D eigenvalue weighted by atomic mass is 32.1. The lowest BCUT2D eigenvalue weighted by Gasteiger charge is -2.11. The number of benzene rings is 2.